The van der Waals surface area contributed by atoms with E-state index in [1.54, 1.807) is 32.9 Å². The monoisotopic (exact) mass is 420 g/mol. The van der Waals surface area contributed by atoms with Crippen molar-refractivity contribution in [2.24, 2.45) is 0 Å². The quantitative estimate of drug-likeness (QED) is 0.517. The van der Waals surface area contributed by atoms with Gasteiger partial charge in [0.05, 0.1) is 30.5 Å². The van der Waals surface area contributed by atoms with Crippen LogP contribution in [0.2, 0.25) is 0 Å². The second kappa shape index (κ2) is 8.69. The summed E-state index contributed by atoms with van der Waals surface area (Å²) in [7, 11) is 0.694. The van der Waals surface area contributed by atoms with Crippen molar-refractivity contribution in [3.63, 3.8) is 0 Å². The van der Waals surface area contributed by atoms with Crippen molar-refractivity contribution in [1.82, 2.24) is 0 Å². The van der Waals surface area contributed by atoms with Crippen LogP contribution in [-0.4, -0.2) is 49.6 Å². The minimum atomic E-state index is -0.635. The molecule has 0 N–H and O–H groups in total. The van der Waals surface area contributed by atoms with Gasteiger partial charge in [-0.15, -0.1) is 0 Å². The van der Waals surface area contributed by atoms with Crippen LogP contribution in [0.3, 0.4) is 0 Å². The van der Waals surface area contributed by atoms with Gasteiger partial charge < -0.3 is 23.5 Å². The van der Waals surface area contributed by atoms with Gasteiger partial charge in [-0.25, -0.2) is 9.59 Å². The predicted octanol–water partition coefficient (Wildman–Crippen LogP) is 2.94. The molecule has 1 saturated heterocycles. The first-order valence-electron chi connectivity index (χ1n) is 10.0. The minimum absolute atomic E-state index is 0.127. The lowest BCUT2D eigenvalue weighted by molar-refractivity contribution is -0.160. The van der Waals surface area contributed by atoms with Gasteiger partial charge in [0.25, 0.3) is 0 Å². The van der Waals surface area contributed by atoms with Crippen molar-refractivity contribution in [3.05, 3.63) is 28.8 Å². The minimum Gasteiger partial charge on any atom is -0.465 e. The van der Waals surface area contributed by atoms with Gasteiger partial charge in [0.1, 0.15) is 12.2 Å². The van der Waals surface area contributed by atoms with Crippen molar-refractivity contribution in [2.45, 2.75) is 78.8 Å². The van der Waals surface area contributed by atoms with Crippen molar-refractivity contribution in [2.75, 3.05) is 13.7 Å². The van der Waals surface area contributed by atoms with Crippen molar-refractivity contribution >= 4 is 24.5 Å². The van der Waals surface area contributed by atoms with Gasteiger partial charge in [0, 0.05) is 0 Å². The van der Waals surface area contributed by atoms with Gasteiger partial charge >= 0.3 is 19.1 Å². The normalized spacial score (nSPS) is 17.7. The summed E-state index contributed by atoms with van der Waals surface area (Å²) in [6, 6.07) is 3.42. The van der Waals surface area contributed by atoms with Gasteiger partial charge in [-0.05, 0) is 84.1 Å². The van der Waals surface area contributed by atoms with Crippen LogP contribution in [0, 0.1) is 6.92 Å². The van der Waals surface area contributed by atoms with E-state index in [-0.39, 0.29) is 13.2 Å². The van der Waals surface area contributed by atoms with E-state index in [1.807, 2.05) is 34.6 Å². The summed E-state index contributed by atoms with van der Waals surface area (Å²) in [6.07, 6.45) is 0. The van der Waals surface area contributed by atoms with E-state index in [0.717, 1.165) is 16.6 Å². The Morgan fingerprint density at radius 2 is 1.63 bits per heavy atom. The number of carbonyl (C=O) groups excluding carboxylic acids is 2. The third kappa shape index (κ3) is 5.62. The Labute approximate surface area is 179 Å². The molecule has 7 nitrogen and oxygen atoms in total. The molecule has 0 bridgehead atoms. The summed E-state index contributed by atoms with van der Waals surface area (Å²) >= 11 is 0. The van der Waals surface area contributed by atoms with Crippen LogP contribution in [-0.2, 0) is 34.9 Å². The lowest BCUT2D eigenvalue weighted by atomic mass is 9.74. The molecule has 0 saturated carbocycles. The van der Waals surface area contributed by atoms with Gasteiger partial charge in [-0.2, -0.15) is 0 Å². The van der Waals surface area contributed by atoms with E-state index in [1.165, 1.54) is 7.11 Å². The Morgan fingerprint density at radius 3 is 2.13 bits per heavy atom. The van der Waals surface area contributed by atoms with Crippen LogP contribution in [0.15, 0.2) is 12.1 Å². The summed E-state index contributed by atoms with van der Waals surface area (Å²) in [4.78, 5) is 24.1. The number of rotatable bonds is 6. The maximum Gasteiger partial charge on any atom is 0.495 e. The van der Waals surface area contributed by atoms with E-state index < -0.39 is 35.9 Å². The molecule has 1 aliphatic heterocycles. The number of esters is 2. The van der Waals surface area contributed by atoms with E-state index in [0.29, 0.717) is 5.56 Å². The maximum atomic E-state index is 12.2. The first-order chi connectivity index (χ1) is 13.7. The number of hydrogen-bond acceptors (Lipinski definition) is 7. The standard InChI is InChI=1S/C22H33BO7/c1-14-16(12-27-13-18(24)28-20(2,3)4)10-15(19(25)26-9)11-17(14)23-29-21(5,6)22(7,8)30-23/h10-11H,12-13H2,1-9H3. The molecule has 2 rings (SSSR count). The molecule has 0 atom stereocenters. The second-order valence-electron chi connectivity index (χ2n) is 9.51. The average Bonchev–Trinajstić information content (AvgIpc) is 2.81. The Kier molecular flexibility index (Phi) is 7.06. The Hall–Kier alpha value is -1.90. The highest BCUT2D eigenvalue weighted by atomic mass is 16.7. The molecule has 30 heavy (non-hydrogen) atoms. The van der Waals surface area contributed by atoms with Crippen molar-refractivity contribution < 1.29 is 33.1 Å². The number of methoxy groups -OCH3 is 1. The molecule has 0 aliphatic carbocycles. The summed E-state index contributed by atoms with van der Waals surface area (Å²) in [5.41, 5.74) is 1.09. The Morgan fingerprint density at radius 1 is 1.07 bits per heavy atom. The molecule has 166 valence electrons. The lowest BCUT2D eigenvalue weighted by Crippen LogP contribution is -2.41. The van der Waals surface area contributed by atoms with Gasteiger partial charge in [-0.1, -0.05) is 0 Å². The van der Waals surface area contributed by atoms with Crippen LogP contribution in [0.25, 0.3) is 0 Å². The molecule has 1 aliphatic rings. The molecule has 1 aromatic rings. The Bertz CT molecular complexity index is 792. The third-order valence-corrected chi connectivity index (χ3v) is 5.38. The predicted molar refractivity (Wildman–Crippen MR) is 114 cm³/mol. The highest BCUT2D eigenvalue weighted by molar-refractivity contribution is 6.62. The largest absolute Gasteiger partial charge is 0.495 e. The molecule has 0 spiro atoms. The highest BCUT2D eigenvalue weighted by Gasteiger charge is 2.52. The zero-order chi connectivity index (χ0) is 22.9. The van der Waals surface area contributed by atoms with Crippen molar-refractivity contribution in [3.8, 4) is 0 Å². The average molecular weight is 420 g/mol. The smallest absolute Gasteiger partial charge is 0.465 e. The van der Waals surface area contributed by atoms with E-state index >= 15 is 0 Å². The van der Waals surface area contributed by atoms with Crippen LogP contribution >= 0.6 is 0 Å². The number of carbonyl (C=O) groups is 2. The van der Waals surface area contributed by atoms with Gasteiger partial charge in [-0.3, -0.25) is 0 Å². The van der Waals surface area contributed by atoms with E-state index in [2.05, 4.69) is 0 Å². The molecule has 0 amide bonds. The summed E-state index contributed by atoms with van der Waals surface area (Å²) < 4.78 is 28.0. The number of ether oxygens (including phenoxy) is 3. The van der Waals surface area contributed by atoms with Gasteiger partial charge in [0.2, 0.25) is 0 Å². The fraction of sp³-hybridized carbons (Fsp3) is 0.636. The zero-order valence-electron chi connectivity index (χ0n) is 19.5. The molecule has 0 unspecified atom stereocenters. The highest BCUT2D eigenvalue weighted by Crippen LogP contribution is 2.37. The van der Waals surface area contributed by atoms with Crippen LogP contribution in [0.4, 0.5) is 0 Å². The molecule has 1 heterocycles. The fourth-order valence-corrected chi connectivity index (χ4v) is 3.01. The summed E-state index contributed by atoms with van der Waals surface area (Å²) in [6.45, 7) is 15.1. The molecule has 0 radical (unpaired) electrons. The fourth-order valence-electron chi connectivity index (χ4n) is 3.01. The van der Waals surface area contributed by atoms with E-state index in [9.17, 15) is 9.59 Å². The zero-order valence-corrected chi connectivity index (χ0v) is 19.5. The lowest BCUT2D eigenvalue weighted by Gasteiger charge is -2.32. The Balaban J connectivity index is 2.27. The van der Waals surface area contributed by atoms with Gasteiger partial charge in [0.15, 0.2) is 0 Å². The summed E-state index contributed by atoms with van der Waals surface area (Å²) in [5.74, 6) is -0.920. The van der Waals surface area contributed by atoms with E-state index in [4.69, 9.17) is 23.5 Å². The third-order valence-electron chi connectivity index (χ3n) is 5.38. The first-order valence-corrected chi connectivity index (χ1v) is 10.0. The topological polar surface area (TPSA) is 80.3 Å². The SMILES string of the molecule is COC(=O)c1cc(COCC(=O)OC(C)(C)C)c(C)c(B2OC(C)(C)C(C)(C)O2)c1. The molecular formula is C22H33BO7. The molecule has 1 fully saturated rings. The van der Waals surface area contributed by atoms with Crippen molar-refractivity contribution in [1.29, 1.82) is 0 Å². The van der Waals surface area contributed by atoms with Crippen LogP contribution < -0.4 is 5.46 Å². The molecular weight excluding hydrogens is 387 g/mol. The molecule has 8 heteroatoms. The summed E-state index contributed by atoms with van der Waals surface area (Å²) in [5, 5.41) is 0. The number of benzene rings is 1. The molecule has 1 aromatic carbocycles. The van der Waals surface area contributed by atoms with Crippen LogP contribution in [0.1, 0.15) is 70.0 Å². The second-order valence-corrected chi connectivity index (χ2v) is 9.51. The maximum absolute atomic E-state index is 12.2. The first kappa shape index (κ1) is 24.4. The number of hydrogen-bond donors (Lipinski definition) is 0. The van der Waals surface area contributed by atoms with Crippen LogP contribution in [0.5, 0.6) is 0 Å². The molecule has 0 aromatic heterocycles.